The van der Waals surface area contributed by atoms with Gasteiger partial charge < -0.3 is 30.1 Å². The number of anilines is 1. The fraction of sp³-hybridized carbons (Fsp3) is 0.433. The summed E-state index contributed by atoms with van der Waals surface area (Å²) in [6, 6.07) is 11.5. The van der Waals surface area contributed by atoms with E-state index in [2.05, 4.69) is 17.2 Å². The second-order valence-corrected chi connectivity index (χ2v) is 10.8. The van der Waals surface area contributed by atoms with E-state index >= 15 is 0 Å². The molecule has 2 unspecified atom stereocenters. The average Bonchev–Trinajstić information content (AvgIpc) is 2.89. The van der Waals surface area contributed by atoms with E-state index in [0.29, 0.717) is 23.4 Å². The van der Waals surface area contributed by atoms with E-state index in [4.69, 9.17) is 9.47 Å². The van der Waals surface area contributed by atoms with Gasteiger partial charge in [-0.3, -0.25) is 9.59 Å². The average molecular weight is 540 g/mol. The third-order valence-corrected chi connectivity index (χ3v) is 6.25. The number of benzene rings is 2. The van der Waals surface area contributed by atoms with Crippen molar-refractivity contribution in [3.05, 3.63) is 66.2 Å². The molecule has 0 aliphatic carbocycles. The van der Waals surface area contributed by atoms with Crippen LogP contribution < -0.4 is 15.4 Å². The highest BCUT2D eigenvalue weighted by molar-refractivity contribution is 5.99. The first kappa shape index (κ1) is 31.4. The van der Waals surface area contributed by atoms with Crippen LogP contribution in [0.25, 0.3) is 6.08 Å². The SMILES string of the molecule is C=Cc1cccc(C(C(=O)Nc2ccc(OC)cc2)N(C(=O)C(CO)NC(=O)OC(C)(C)C)C(C)(C)CC)c1. The van der Waals surface area contributed by atoms with Crippen molar-refractivity contribution in [2.45, 2.75) is 71.2 Å². The van der Waals surface area contributed by atoms with Gasteiger partial charge in [0.05, 0.1) is 13.7 Å². The number of ether oxygens (including phenoxy) is 2. The van der Waals surface area contributed by atoms with Crippen molar-refractivity contribution in [1.29, 1.82) is 0 Å². The normalized spacial score (nSPS) is 13.0. The van der Waals surface area contributed by atoms with Crippen molar-refractivity contribution in [2.75, 3.05) is 19.0 Å². The van der Waals surface area contributed by atoms with Crippen LogP contribution in [-0.2, 0) is 14.3 Å². The summed E-state index contributed by atoms with van der Waals surface area (Å²) < 4.78 is 10.5. The van der Waals surface area contributed by atoms with Gasteiger partial charge in [0.1, 0.15) is 23.4 Å². The molecule has 0 radical (unpaired) electrons. The van der Waals surface area contributed by atoms with Crippen LogP contribution in [0.5, 0.6) is 5.75 Å². The molecule has 0 saturated heterocycles. The standard InChI is InChI=1S/C30H41N3O6/c1-9-20-12-11-13-21(18-20)25(26(35)31-22-14-16-23(38-8)17-15-22)33(30(6,7)10-2)27(36)24(19-34)32-28(37)39-29(3,4)5/h9,11-18,24-25,34H,1,10,19H2,2-8H3,(H,31,35)(H,32,37). The molecule has 2 aromatic carbocycles. The Hall–Kier alpha value is -3.85. The van der Waals surface area contributed by atoms with E-state index in [1.54, 1.807) is 76.4 Å². The van der Waals surface area contributed by atoms with Gasteiger partial charge in [-0.25, -0.2) is 4.79 Å². The minimum atomic E-state index is -1.34. The number of carbonyl (C=O) groups is 3. The number of hydrogen-bond donors (Lipinski definition) is 3. The zero-order valence-corrected chi connectivity index (χ0v) is 23.9. The lowest BCUT2D eigenvalue weighted by Gasteiger charge is -2.44. The molecule has 0 spiro atoms. The summed E-state index contributed by atoms with van der Waals surface area (Å²) in [5.74, 6) is -0.467. The number of alkyl carbamates (subject to hydrolysis) is 1. The molecule has 0 aliphatic heterocycles. The zero-order chi connectivity index (χ0) is 29.4. The molecule has 39 heavy (non-hydrogen) atoms. The number of hydrogen-bond acceptors (Lipinski definition) is 6. The molecule has 0 aromatic heterocycles. The largest absolute Gasteiger partial charge is 0.497 e. The van der Waals surface area contributed by atoms with Gasteiger partial charge in [-0.1, -0.05) is 37.8 Å². The molecule has 0 aliphatic rings. The molecule has 212 valence electrons. The van der Waals surface area contributed by atoms with Crippen molar-refractivity contribution >= 4 is 29.7 Å². The summed E-state index contributed by atoms with van der Waals surface area (Å²) in [6.45, 7) is 13.8. The Labute approximate surface area is 231 Å². The highest BCUT2D eigenvalue weighted by Gasteiger charge is 2.43. The molecule has 0 fully saturated rings. The van der Waals surface area contributed by atoms with Crippen LogP contribution >= 0.6 is 0 Å². The number of aliphatic hydroxyl groups is 1. The Morgan fingerprint density at radius 2 is 1.72 bits per heavy atom. The molecule has 0 heterocycles. The second-order valence-electron chi connectivity index (χ2n) is 10.8. The summed E-state index contributed by atoms with van der Waals surface area (Å²) in [5, 5.41) is 15.5. The fourth-order valence-electron chi connectivity index (χ4n) is 3.91. The number of methoxy groups -OCH3 is 1. The lowest BCUT2D eigenvalue weighted by atomic mass is 9.91. The van der Waals surface area contributed by atoms with Crippen LogP contribution in [0.2, 0.25) is 0 Å². The Morgan fingerprint density at radius 3 is 2.23 bits per heavy atom. The summed E-state index contributed by atoms with van der Waals surface area (Å²) in [5.41, 5.74) is 0.162. The van der Waals surface area contributed by atoms with E-state index in [1.807, 2.05) is 26.8 Å². The van der Waals surface area contributed by atoms with E-state index in [-0.39, 0.29) is 0 Å². The molecule has 0 saturated carbocycles. The minimum Gasteiger partial charge on any atom is -0.497 e. The lowest BCUT2D eigenvalue weighted by Crippen LogP contribution is -2.59. The maximum atomic E-state index is 14.1. The van der Waals surface area contributed by atoms with Gasteiger partial charge in [-0.05, 0) is 82.5 Å². The summed E-state index contributed by atoms with van der Waals surface area (Å²) in [6.07, 6.45) is 1.29. The molecule has 3 N–H and O–H groups in total. The Kier molecular flexibility index (Phi) is 10.7. The van der Waals surface area contributed by atoms with Crippen molar-refractivity contribution in [1.82, 2.24) is 10.2 Å². The molecule has 2 aromatic rings. The number of amides is 3. The molecule has 0 bridgehead atoms. The fourth-order valence-corrected chi connectivity index (χ4v) is 3.91. The van der Waals surface area contributed by atoms with Crippen LogP contribution in [-0.4, -0.2) is 58.8 Å². The van der Waals surface area contributed by atoms with Crippen molar-refractivity contribution in [3.63, 3.8) is 0 Å². The van der Waals surface area contributed by atoms with E-state index in [0.717, 1.165) is 5.56 Å². The van der Waals surface area contributed by atoms with Crippen molar-refractivity contribution in [2.24, 2.45) is 0 Å². The van der Waals surface area contributed by atoms with Crippen LogP contribution in [0.4, 0.5) is 10.5 Å². The molecule has 2 atom stereocenters. The summed E-state index contributed by atoms with van der Waals surface area (Å²) >= 11 is 0. The van der Waals surface area contributed by atoms with E-state index in [1.165, 1.54) is 4.90 Å². The van der Waals surface area contributed by atoms with Crippen LogP contribution in [0.15, 0.2) is 55.1 Å². The van der Waals surface area contributed by atoms with E-state index < -0.39 is 47.7 Å². The molecule has 9 nitrogen and oxygen atoms in total. The minimum absolute atomic E-state index is 0.467. The predicted octanol–water partition coefficient (Wildman–Crippen LogP) is 4.92. The number of aliphatic hydroxyl groups excluding tert-OH is 1. The molecule has 2 rings (SSSR count). The maximum Gasteiger partial charge on any atom is 0.408 e. The first-order valence-electron chi connectivity index (χ1n) is 12.9. The first-order chi connectivity index (χ1) is 18.3. The predicted molar refractivity (Wildman–Crippen MR) is 152 cm³/mol. The number of carbonyl (C=O) groups excluding carboxylic acids is 3. The Morgan fingerprint density at radius 1 is 1.08 bits per heavy atom. The summed E-state index contributed by atoms with van der Waals surface area (Å²) in [7, 11) is 1.55. The van der Waals surface area contributed by atoms with Gasteiger partial charge in [-0.2, -0.15) is 0 Å². The van der Waals surface area contributed by atoms with Gasteiger partial charge >= 0.3 is 6.09 Å². The molecular weight excluding hydrogens is 498 g/mol. The van der Waals surface area contributed by atoms with Crippen LogP contribution in [0, 0.1) is 0 Å². The molecule has 9 heteroatoms. The van der Waals surface area contributed by atoms with Gasteiger partial charge in [0.25, 0.3) is 5.91 Å². The van der Waals surface area contributed by atoms with Gasteiger partial charge in [0.15, 0.2) is 0 Å². The lowest BCUT2D eigenvalue weighted by molar-refractivity contribution is -0.148. The third kappa shape index (κ3) is 8.58. The number of nitrogens with zero attached hydrogens (tertiary/aromatic N) is 1. The van der Waals surface area contributed by atoms with E-state index in [9.17, 15) is 19.5 Å². The third-order valence-electron chi connectivity index (χ3n) is 6.25. The van der Waals surface area contributed by atoms with Crippen molar-refractivity contribution < 1.29 is 29.0 Å². The highest BCUT2D eigenvalue weighted by Crippen LogP contribution is 2.33. The second kappa shape index (κ2) is 13.3. The van der Waals surface area contributed by atoms with Crippen molar-refractivity contribution in [3.8, 4) is 5.75 Å². The summed E-state index contributed by atoms with van der Waals surface area (Å²) in [4.78, 5) is 42.0. The maximum absolute atomic E-state index is 14.1. The first-order valence-corrected chi connectivity index (χ1v) is 12.9. The molecular formula is C30H41N3O6. The van der Waals surface area contributed by atoms with Crippen LogP contribution in [0.3, 0.4) is 0 Å². The zero-order valence-electron chi connectivity index (χ0n) is 23.9. The smallest absolute Gasteiger partial charge is 0.408 e. The number of nitrogens with one attached hydrogen (secondary N) is 2. The Bertz CT molecular complexity index is 1150. The molecule has 3 amide bonds. The van der Waals surface area contributed by atoms with Crippen LogP contribution in [0.1, 0.15) is 65.1 Å². The monoisotopic (exact) mass is 539 g/mol. The Balaban J connectivity index is 2.60. The topological polar surface area (TPSA) is 117 Å². The van der Waals surface area contributed by atoms with Gasteiger partial charge in [-0.15, -0.1) is 0 Å². The van der Waals surface area contributed by atoms with Gasteiger partial charge in [0, 0.05) is 11.2 Å². The van der Waals surface area contributed by atoms with Gasteiger partial charge in [0.2, 0.25) is 5.91 Å². The number of rotatable bonds is 11. The quantitative estimate of drug-likeness (QED) is 0.373. The highest BCUT2D eigenvalue weighted by atomic mass is 16.6.